The molecule has 0 amide bonds. The van der Waals surface area contributed by atoms with Crippen LogP contribution in [-0.4, -0.2) is 49.4 Å². The minimum Gasteiger partial charge on any atom is -0.346 e. The molecule has 1 aromatic heterocycles. The van der Waals surface area contributed by atoms with E-state index >= 15 is 0 Å². The van der Waals surface area contributed by atoms with Crippen molar-refractivity contribution in [3.63, 3.8) is 0 Å². The Kier molecular flexibility index (Phi) is 4.02. The van der Waals surface area contributed by atoms with Gasteiger partial charge in [0.05, 0.1) is 10.6 Å². The van der Waals surface area contributed by atoms with E-state index in [-0.39, 0.29) is 0 Å². The lowest BCUT2D eigenvalue weighted by molar-refractivity contribution is 0.112. The fraction of sp³-hybridized carbons (Fsp3) is 0.692. The summed E-state index contributed by atoms with van der Waals surface area (Å²) in [5.41, 5.74) is 0.936. The molecule has 1 aromatic rings. The summed E-state index contributed by atoms with van der Waals surface area (Å²) in [5, 5.41) is 1.00. The summed E-state index contributed by atoms with van der Waals surface area (Å²) in [6.07, 6.45) is 1.76. The van der Waals surface area contributed by atoms with Gasteiger partial charge in [0.15, 0.2) is 11.4 Å². The van der Waals surface area contributed by atoms with Crippen LogP contribution in [0, 0.1) is 5.92 Å². The van der Waals surface area contributed by atoms with Crippen molar-refractivity contribution in [2.45, 2.75) is 26.3 Å². The summed E-state index contributed by atoms with van der Waals surface area (Å²) >= 11 is 1.53. The quantitative estimate of drug-likeness (QED) is 0.781. The molecule has 1 aliphatic heterocycles. The van der Waals surface area contributed by atoms with E-state index in [9.17, 15) is 4.79 Å². The molecule has 0 saturated carbocycles. The second kappa shape index (κ2) is 5.36. The molecule has 1 aliphatic rings. The van der Waals surface area contributed by atoms with Gasteiger partial charge >= 0.3 is 0 Å². The number of hydrogen-bond acceptors (Lipinski definition) is 5. The Morgan fingerprint density at radius 3 is 2.67 bits per heavy atom. The van der Waals surface area contributed by atoms with Gasteiger partial charge in [-0.05, 0) is 26.4 Å². The number of aromatic nitrogens is 1. The molecule has 4 nitrogen and oxygen atoms in total. The smallest absolute Gasteiger partial charge is 0.186 e. The molecule has 2 heterocycles. The van der Waals surface area contributed by atoms with E-state index in [2.05, 4.69) is 35.8 Å². The van der Waals surface area contributed by atoms with Crippen LogP contribution in [0.3, 0.4) is 0 Å². The number of thiazole rings is 1. The summed E-state index contributed by atoms with van der Waals surface area (Å²) in [5.74, 6) is 0.633. The highest BCUT2D eigenvalue weighted by atomic mass is 32.1. The van der Waals surface area contributed by atoms with E-state index in [1.807, 2.05) is 6.92 Å². The van der Waals surface area contributed by atoms with Crippen LogP contribution in [0.5, 0.6) is 0 Å². The maximum absolute atomic E-state index is 11.0. The van der Waals surface area contributed by atoms with Crippen molar-refractivity contribution in [1.29, 1.82) is 0 Å². The molecular formula is C13H21N3OS. The minimum absolute atomic E-state index is 0.568. The summed E-state index contributed by atoms with van der Waals surface area (Å²) in [7, 11) is 4.25. The topological polar surface area (TPSA) is 36.4 Å². The average Bonchev–Trinajstić information content (AvgIpc) is 2.91. The van der Waals surface area contributed by atoms with Crippen LogP contribution in [0.1, 0.15) is 29.2 Å². The van der Waals surface area contributed by atoms with Gasteiger partial charge in [-0.2, -0.15) is 0 Å². The normalized spacial score (nSPS) is 23.9. The minimum atomic E-state index is 0.568. The predicted molar refractivity (Wildman–Crippen MR) is 75.7 cm³/mol. The number of aldehydes is 1. The van der Waals surface area contributed by atoms with E-state index in [1.165, 1.54) is 11.3 Å². The average molecular weight is 267 g/mol. The van der Waals surface area contributed by atoms with Crippen LogP contribution in [-0.2, 0) is 6.42 Å². The summed E-state index contributed by atoms with van der Waals surface area (Å²) in [6.45, 7) is 6.35. The van der Waals surface area contributed by atoms with Gasteiger partial charge in [0.25, 0.3) is 0 Å². The monoisotopic (exact) mass is 267 g/mol. The highest BCUT2D eigenvalue weighted by molar-refractivity contribution is 7.17. The van der Waals surface area contributed by atoms with E-state index in [0.717, 1.165) is 41.5 Å². The number of anilines is 1. The molecule has 100 valence electrons. The Hall–Kier alpha value is -0.940. The zero-order valence-corrected chi connectivity index (χ0v) is 12.3. The molecule has 0 aliphatic carbocycles. The fourth-order valence-corrected chi connectivity index (χ4v) is 3.60. The Labute approximate surface area is 113 Å². The van der Waals surface area contributed by atoms with Crippen LogP contribution in [0.25, 0.3) is 0 Å². The van der Waals surface area contributed by atoms with Crippen molar-refractivity contribution < 1.29 is 4.79 Å². The molecule has 2 rings (SSSR count). The van der Waals surface area contributed by atoms with Crippen LogP contribution in [0.4, 0.5) is 5.13 Å². The molecule has 1 fully saturated rings. The number of hydrogen-bond donors (Lipinski definition) is 0. The van der Waals surface area contributed by atoms with Gasteiger partial charge in [-0.3, -0.25) is 4.79 Å². The van der Waals surface area contributed by atoms with Crippen molar-refractivity contribution in [3.05, 3.63) is 10.6 Å². The molecule has 0 bridgehead atoms. The molecule has 0 N–H and O–H groups in total. The van der Waals surface area contributed by atoms with Crippen molar-refractivity contribution in [2.24, 2.45) is 5.92 Å². The summed E-state index contributed by atoms with van der Waals surface area (Å²) in [4.78, 5) is 21.0. The predicted octanol–water partition coefficient (Wildman–Crippen LogP) is 1.90. The maximum atomic E-state index is 11.0. The first-order valence-electron chi connectivity index (χ1n) is 6.43. The van der Waals surface area contributed by atoms with Gasteiger partial charge in [-0.15, -0.1) is 0 Å². The van der Waals surface area contributed by atoms with Crippen molar-refractivity contribution in [1.82, 2.24) is 9.88 Å². The number of aryl methyl sites for hydroxylation is 1. The van der Waals surface area contributed by atoms with Gasteiger partial charge in [0.1, 0.15) is 0 Å². The molecule has 2 atom stereocenters. The third-order valence-electron chi connectivity index (χ3n) is 3.66. The molecule has 0 aromatic carbocycles. The molecule has 5 heteroatoms. The lowest BCUT2D eigenvalue weighted by Crippen LogP contribution is -2.34. The first-order chi connectivity index (χ1) is 8.56. The van der Waals surface area contributed by atoms with Crippen molar-refractivity contribution >= 4 is 22.8 Å². The van der Waals surface area contributed by atoms with Gasteiger partial charge in [-0.25, -0.2) is 4.98 Å². The van der Waals surface area contributed by atoms with E-state index < -0.39 is 0 Å². The highest BCUT2D eigenvalue weighted by Crippen LogP contribution is 2.31. The largest absolute Gasteiger partial charge is 0.346 e. The van der Waals surface area contributed by atoms with Crippen molar-refractivity contribution in [3.8, 4) is 0 Å². The van der Waals surface area contributed by atoms with Gasteiger partial charge in [-0.1, -0.05) is 25.2 Å². The Morgan fingerprint density at radius 1 is 1.50 bits per heavy atom. The fourth-order valence-electron chi connectivity index (χ4n) is 2.61. The number of nitrogens with zero attached hydrogens (tertiary/aromatic N) is 3. The van der Waals surface area contributed by atoms with Crippen LogP contribution in [0.2, 0.25) is 0 Å². The van der Waals surface area contributed by atoms with Gasteiger partial charge in [0.2, 0.25) is 0 Å². The standard InChI is InChI=1S/C13H21N3OS/c1-5-10-12(8-17)18-13(14-10)16-6-9(2)11(7-16)15(3)4/h8-9,11H,5-7H2,1-4H3. The second-order valence-corrected chi connectivity index (χ2v) is 6.20. The van der Waals surface area contributed by atoms with Crippen molar-refractivity contribution in [2.75, 3.05) is 32.1 Å². The summed E-state index contributed by atoms with van der Waals surface area (Å²) < 4.78 is 0. The third kappa shape index (κ3) is 2.42. The van der Waals surface area contributed by atoms with Crippen LogP contribution < -0.4 is 4.90 Å². The first kappa shape index (κ1) is 13.5. The number of likely N-dealkylation sites (N-methyl/N-ethyl adjacent to an activating group) is 1. The zero-order chi connectivity index (χ0) is 13.3. The van der Waals surface area contributed by atoms with Gasteiger partial charge in [0, 0.05) is 19.1 Å². The Balaban J connectivity index is 2.18. The first-order valence-corrected chi connectivity index (χ1v) is 7.24. The van der Waals surface area contributed by atoms with Gasteiger partial charge < -0.3 is 9.80 Å². The molecule has 18 heavy (non-hydrogen) atoms. The Bertz CT molecular complexity index is 430. The molecule has 2 unspecified atom stereocenters. The highest BCUT2D eigenvalue weighted by Gasteiger charge is 2.32. The molecule has 0 spiro atoms. The lowest BCUT2D eigenvalue weighted by Gasteiger charge is -2.22. The molecule has 0 radical (unpaired) electrons. The summed E-state index contributed by atoms with van der Waals surface area (Å²) in [6, 6.07) is 0.568. The zero-order valence-electron chi connectivity index (χ0n) is 11.5. The van der Waals surface area contributed by atoms with E-state index in [4.69, 9.17) is 0 Å². The number of rotatable bonds is 4. The maximum Gasteiger partial charge on any atom is 0.186 e. The molecule has 1 saturated heterocycles. The SMILES string of the molecule is CCc1nc(N2CC(C)C(N(C)C)C2)sc1C=O. The Morgan fingerprint density at radius 2 is 2.22 bits per heavy atom. The van der Waals surface area contributed by atoms with E-state index in [0.29, 0.717) is 12.0 Å². The third-order valence-corrected chi connectivity index (χ3v) is 4.75. The van der Waals surface area contributed by atoms with Crippen LogP contribution >= 0.6 is 11.3 Å². The lowest BCUT2D eigenvalue weighted by atomic mass is 10.1. The molecular weight excluding hydrogens is 246 g/mol. The number of carbonyl (C=O) groups excluding carboxylic acids is 1. The van der Waals surface area contributed by atoms with Crippen LogP contribution in [0.15, 0.2) is 0 Å². The van der Waals surface area contributed by atoms with E-state index in [1.54, 1.807) is 0 Å². The number of carbonyl (C=O) groups is 1. The second-order valence-electron chi connectivity index (χ2n) is 5.19.